The summed E-state index contributed by atoms with van der Waals surface area (Å²) in [6.07, 6.45) is 8.68. The Morgan fingerprint density at radius 3 is 1.03 bits per heavy atom. The van der Waals surface area contributed by atoms with Gasteiger partial charge in [0.25, 0.3) is 0 Å². The number of rotatable bonds is 14. The van der Waals surface area contributed by atoms with E-state index in [-0.39, 0.29) is 115 Å². The molecule has 10 aliphatic rings. The van der Waals surface area contributed by atoms with Gasteiger partial charge in [-0.3, -0.25) is 28.8 Å². The second-order valence-electron chi connectivity index (χ2n) is 21.1. The minimum atomic E-state index is -3.17. The van der Waals surface area contributed by atoms with Crippen LogP contribution in [0.15, 0.2) is 0 Å². The van der Waals surface area contributed by atoms with E-state index in [1.165, 1.54) is 0 Å². The van der Waals surface area contributed by atoms with E-state index in [1.807, 2.05) is 13.8 Å². The summed E-state index contributed by atoms with van der Waals surface area (Å²) in [6.45, 7) is 16.9. The molecule has 0 aliphatic heterocycles. The van der Waals surface area contributed by atoms with Crippen LogP contribution in [0, 0.1) is 69.0 Å². The molecule has 2 N–H and O–H groups in total. The summed E-state index contributed by atoms with van der Waals surface area (Å²) >= 11 is 0. The molecular formula is C46H70N2O14S2. The zero-order chi connectivity index (χ0) is 46.9. The fraction of sp³-hybridized carbons (Fsp3) is 0.870. The lowest BCUT2D eigenvalue weighted by atomic mass is 9.92. The summed E-state index contributed by atoms with van der Waals surface area (Å²) in [7, 11) is -6.33. The van der Waals surface area contributed by atoms with Gasteiger partial charge in [0.2, 0.25) is 20.0 Å². The maximum Gasteiger partial charge on any atom is 0.309 e. The van der Waals surface area contributed by atoms with Crippen LogP contribution >= 0.6 is 0 Å². The number of hydrogen-bond acceptors (Lipinski definition) is 14. The maximum absolute atomic E-state index is 12.0. The summed E-state index contributed by atoms with van der Waals surface area (Å²) in [4.78, 5) is 69.5. The number of ether oxygens (including phenoxy) is 4. The highest BCUT2D eigenvalue weighted by Gasteiger charge is 2.69. The zero-order valence-corrected chi connectivity index (χ0v) is 40.4. The van der Waals surface area contributed by atoms with Crippen molar-refractivity contribution in [3.05, 3.63) is 0 Å². The first-order chi connectivity index (χ1) is 29.9. The predicted molar refractivity (Wildman–Crippen MR) is 232 cm³/mol. The molecule has 10 rings (SSSR count). The van der Waals surface area contributed by atoms with E-state index in [0.29, 0.717) is 63.9 Å². The molecule has 0 spiro atoms. The number of sulfonamides is 2. The lowest BCUT2D eigenvalue weighted by Gasteiger charge is -2.18. The highest BCUT2D eigenvalue weighted by molar-refractivity contribution is 7.90. The van der Waals surface area contributed by atoms with Crippen LogP contribution in [0.25, 0.3) is 0 Å². The summed E-state index contributed by atoms with van der Waals surface area (Å²) in [5.74, 6) is 0.0947. The van der Waals surface area contributed by atoms with Gasteiger partial charge in [-0.15, -0.1) is 0 Å². The fourth-order valence-corrected chi connectivity index (χ4v) is 15.2. The first-order valence-electron chi connectivity index (χ1n) is 23.7. The first kappa shape index (κ1) is 49.0. The Morgan fingerprint density at radius 2 is 0.797 bits per heavy atom. The number of nitrogens with one attached hydrogen (secondary N) is 2. The molecule has 64 heavy (non-hydrogen) atoms. The highest BCUT2D eigenvalue weighted by Crippen LogP contribution is 2.68. The van der Waals surface area contributed by atoms with Crippen molar-refractivity contribution in [1.29, 1.82) is 0 Å². The van der Waals surface area contributed by atoms with E-state index in [9.17, 15) is 45.6 Å². The molecule has 18 heteroatoms. The van der Waals surface area contributed by atoms with Crippen LogP contribution in [-0.4, -0.2) is 101 Å². The number of carbonyl (C=O) groups excluding carboxylic acids is 6. The molecular weight excluding hydrogens is 869 g/mol. The van der Waals surface area contributed by atoms with Gasteiger partial charge in [0, 0.05) is 36.8 Å². The van der Waals surface area contributed by atoms with Crippen molar-refractivity contribution in [2.45, 2.75) is 155 Å². The Hall–Kier alpha value is -2.96. The summed E-state index contributed by atoms with van der Waals surface area (Å²) in [5.41, 5.74) is -0.210. The van der Waals surface area contributed by atoms with Crippen LogP contribution in [0.5, 0.6) is 0 Å². The summed E-state index contributed by atoms with van der Waals surface area (Å²) in [6, 6.07) is -0.157. The van der Waals surface area contributed by atoms with Gasteiger partial charge in [-0.25, -0.2) is 26.3 Å². The van der Waals surface area contributed by atoms with Crippen molar-refractivity contribution >= 4 is 55.5 Å². The molecule has 10 saturated carbocycles. The molecule has 16 nitrogen and oxygen atoms in total. The van der Waals surface area contributed by atoms with Gasteiger partial charge in [-0.1, -0.05) is 27.7 Å². The maximum atomic E-state index is 12.0. The molecule has 0 unspecified atom stereocenters. The monoisotopic (exact) mass is 938 g/mol. The first-order valence-corrected chi connectivity index (χ1v) is 26.8. The van der Waals surface area contributed by atoms with Crippen molar-refractivity contribution in [3.63, 3.8) is 0 Å². The SMILES string of the molecule is CCOC(=O)[C@@H]1CC(=O)[C@@H]2C[C@@]21C.CCOC(=O)[C@@H]1C[C@H](NS(=O)(=O)C2CC2)[C@@H]2C[C@]12C.CCOC(=O)[C@H]1CC(=O)[C@H]2C[C@]21C.CCOC(=O)[C@H]1C[C@@H](NS(=O)(=O)C2CC2)[C@H]2C[C@@]12C. The molecule has 0 aromatic rings. The van der Waals surface area contributed by atoms with Crippen LogP contribution in [0.3, 0.4) is 0 Å². The van der Waals surface area contributed by atoms with Gasteiger partial charge in [-0.05, 0) is 125 Å². The number of esters is 4. The second-order valence-corrected chi connectivity index (χ2v) is 25.1. The van der Waals surface area contributed by atoms with E-state index in [0.717, 1.165) is 51.4 Å². The van der Waals surface area contributed by atoms with Gasteiger partial charge < -0.3 is 18.9 Å². The van der Waals surface area contributed by atoms with Crippen molar-refractivity contribution in [2.75, 3.05) is 26.4 Å². The molecule has 0 amide bonds. The van der Waals surface area contributed by atoms with Crippen LogP contribution in [0.4, 0.5) is 0 Å². The molecule has 0 aromatic carbocycles. The molecule has 0 bridgehead atoms. The van der Waals surface area contributed by atoms with Crippen molar-refractivity contribution in [3.8, 4) is 0 Å². The van der Waals surface area contributed by atoms with E-state index in [4.69, 9.17) is 18.9 Å². The van der Waals surface area contributed by atoms with Crippen molar-refractivity contribution in [1.82, 2.24) is 9.44 Å². The standard InChI is InChI=1S/2C13H21NO4S.2C10H14O3/c2*1-3-18-12(15)9-6-11(10-7-13(9,10)2)14-19(16,17)8-4-5-8;2*1-3-13-9(12)6-4-8(11)7-5-10(6,7)2/h2*8-11,14H,3-7H2,1-2H3;2*6-7H,3-5H2,1-2H3/t2*9-,10-,11-,13+;2*6-,7-,10+/m1010/s1. The molecule has 0 heterocycles. The van der Waals surface area contributed by atoms with E-state index in [2.05, 4.69) is 23.3 Å². The second kappa shape index (κ2) is 17.6. The Balaban J connectivity index is 0.000000130. The normalized spacial score (nSPS) is 41.1. The van der Waals surface area contributed by atoms with Gasteiger partial charge in [0.05, 0.1) is 60.6 Å². The summed E-state index contributed by atoms with van der Waals surface area (Å²) in [5, 5.41) is -0.390. The molecule has 10 aliphatic carbocycles. The van der Waals surface area contributed by atoms with Gasteiger partial charge in [0.15, 0.2) is 0 Å². The molecule has 14 atom stereocenters. The molecule has 360 valence electrons. The van der Waals surface area contributed by atoms with Crippen LogP contribution in [-0.2, 0) is 67.8 Å². The molecule has 0 aromatic heterocycles. The average Bonchev–Trinajstić information content (AvgIpc) is 4.00. The van der Waals surface area contributed by atoms with Gasteiger partial charge in [-0.2, -0.15) is 0 Å². The third-order valence-electron chi connectivity index (χ3n) is 16.8. The Morgan fingerprint density at radius 1 is 0.500 bits per heavy atom. The average molecular weight is 939 g/mol. The van der Waals surface area contributed by atoms with Gasteiger partial charge in [0.1, 0.15) is 11.6 Å². The molecule has 0 saturated heterocycles. The number of fused-ring (bicyclic) bond motifs is 4. The third kappa shape index (κ3) is 9.45. The van der Waals surface area contributed by atoms with Crippen LogP contribution in [0.1, 0.15) is 132 Å². The number of ketones is 2. The van der Waals surface area contributed by atoms with Gasteiger partial charge >= 0.3 is 23.9 Å². The Bertz CT molecular complexity index is 1970. The Kier molecular flexibility index (Phi) is 13.5. The lowest BCUT2D eigenvalue weighted by Crippen LogP contribution is -2.38. The zero-order valence-electron chi connectivity index (χ0n) is 38.8. The minimum Gasteiger partial charge on any atom is -0.466 e. The topological polar surface area (TPSA) is 232 Å². The van der Waals surface area contributed by atoms with Crippen molar-refractivity contribution < 1.29 is 64.6 Å². The number of Topliss-reactive ketones (excluding diaryl/α,β-unsaturated/α-hetero) is 2. The lowest BCUT2D eigenvalue weighted by molar-refractivity contribution is -0.151. The van der Waals surface area contributed by atoms with E-state index in [1.54, 1.807) is 27.7 Å². The fourth-order valence-electron chi connectivity index (χ4n) is 11.9. The molecule has 0 radical (unpaired) electrons. The van der Waals surface area contributed by atoms with E-state index < -0.39 is 20.0 Å². The summed E-state index contributed by atoms with van der Waals surface area (Å²) < 4.78 is 73.7. The predicted octanol–water partition coefficient (Wildman–Crippen LogP) is 4.42. The molecule has 10 fully saturated rings. The number of carbonyl (C=O) groups is 6. The minimum absolute atomic E-state index is 0.0522. The van der Waals surface area contributed by atoms with Crippen LogP contribution < -0.4 is 9.44 Å². The van der Waals surface area contributed by atoms with Crippen molar-refractivity contribution in [2.24, 2.45) is 69.0 Å². The largest absolute Gasteiger partial charge is 0.466 e. The third-order valence-corrected chi connectivity index (χ3v) is 20.8. The smallest absolute Gasteiger partial charge is 0.309 e. The highest BCUT2D eigenvalue weighted by atomic mass is 32.2. The van der Waals surface area contributed by atoms with Crippen LogP contribution in [0.2, 0.25) is 0 Å². The quantitative estimate of drug-likeness (QED) is 0.182. The van der Waals surface area contributed by atoms with E-state index >= 15 is 0 Å². The Labute approximate surface area is 378 Å². The number of hydrogen-bond donors (Lipinski definition) is 2.